The normalized spacial score (nSPS) is 18.9. The molecule has 3 aromatic rings. The van der Waals surface area contributed by atoms with Gasteiger partial charge in [-0.25, -0.2) is 13.6 Å². The SMILES string of the molecule is CC1C[C@@H](C(=O)NCc2ccc(OC(F)(F)F)cc2)[C@H](C(=O)N(C)Cc2ccc(-c3ccccc3S(N)(=O)=O)cc2)C1. The highest BCUT2D eigenvalue weighted by Crippen LogP contribution is 2.38. The van der Waals surface area contributed by atoms with E-state index < -0.39 is 28.2 Å². The van der Waals surface area contributed by atoms with Crippen molar-refractivity contribution in [3.63, 3.8) is 0 Å². The van der Waals surface area contributed by atoms with E-state index in [9.17, 15) is 31.2 Å². The molecule has 1 aliphatic carbocycles. The molecule has 3 atom stereocenters. The summed E-state index contributed by atoms with van der Waals surface area (Å²) in [5.41, 5.74) is 2.57. The zero-order valence-electron chi connectivity index (χ0n) is 23.1. The molecule has 224 valence electrons. The van der Waals surface area contributed by atoms with E-state index in [-0.39, 0.29) is 34.9 Å². The lowest BCUT2D eigenvalue weighted by molar-refractivity contribution is -0.274. The van der Waals surface area contributed by atoms with Gasteiger partial charge in [-0.3, -0.25) is 9.59 Å². The number of alkyl halides is 3. The molecule has 0 bridgehead atoms. The molecular weight excluding hydrogens is 571 g/mol. The molecule has 2 amide bonds. The highest BCUT2D eigenvalue weighted by molar-refractivity contribution is 7.89. The van der Waals surface area contributed by atoms with Crippen molar-refractivity contribution in [1.29, 1.82) is 0 Å². The van der Waals surface area contributed by atoms with Crippen LogP contribution in [0, 0.1) is 17.8 Å². The number of halogens is 3. The van der Waals surface area contributed by atoms with Gasteiger partial charge in [-0.1, -0.05) is 61.5 Å². The molecule has 0 spiro atoms. The fourth-order valence-electron chi connectivity index (χ4n) is 5.36. The number of amides is 2. The first-order valence-electron chi connectivity index (χ1n) is 13.3. The maximum Gasteiger partial charge on any atom is 0.573 e. The lowest BCUT2D eigenvalue weighted by Gasteiger charge is -2.25. The van der Waals surface area contributed by atoms with Gasteiger partial charge in [-0.15, -0.1) is 13.2 Å². The van der Waals surface area contributed by atoms with Crippen LogP contribution in [0.2, 0.25) is 0 Å². The molecule has 42 heavy (non-hydrogen) atoms. The Labute approximate surface area is 242 Å². The minimum Gasteiger partial charge on any atom is -0.406 e. The van der Waals surface area contributed by atoms with Crippen LogP contribution in [0.4, 0.5) is 13.2 Å². The molecule has 1 unspecified atom stereocenters. The van der Waals surface area contributed by atoms with Crippen LogP contribution in [0.5, 0.6) is 5.75 Å². The molecule has 4 rings (SSSR count). The van der Waals surface area contributed by atoms with Crippen LogP contribution >= 0.6 is 0 Å². The fourth-order valence-corrected chi connectivity index (χ4v) is 6.12. The number of sulfonamides is 1. The minimum atomic E-state index is -4.78. The summed E-state index contributed by atoms with van der Waals surface area (Å²) in [7, 11) is -2.23. The van der Waals surface area contributed by atoms with Crippen molar-refractivity contribution in [3.8, 4) is 16.9 Å². The number of nitrogens with one attached hydrogen (secondary N) is 1. The van der Waals surface area contributed by atoms with Crippen LogP contribution in [-0.2, 0) is 32.7 Å². The molecule has 0 heterocycles. The quantitative estimate of drug-likeness (QED) is 0.363. The number of ether oxygens (including phenoxy) is 1. The van der Waals surface area contributed by atoms with Crippen molar-refractivity contribution in [1.82, 2.24) is 10.2 Å². The van der Waals surface area contributed by atoms with E-state index in [1.165, 1.54) is 30.3 Å². The van der Waals surface area contributed by atoms with Gasteiger partial charge in [-0.2, -0.15) is 0 Å². The Morgan fingerprint density at radius 1 is 0.952 bits per heavy atom. The average Bonchev–Trinajstić information content (AvgIpc) is 3.32. The van der Waals surface area contributed by atoms with Gasteiger partial charge in [0.1, 0.15) is 5.75 Å². The van der Waals surface area contributed by atoms with E-state index >= 15 is 0 Å². The van der Waals surface area contributed by atoms with Crippen molar-refractivity contribution in [2.24, 2.45) is 22.9 Å². The number of hydrogen-bond donors (Lipinski definition) is 2. The van der Waals surface area contributed by atoms with Crippen molar-refractivity contribution in [2.75, 3.05) is 7.05 Å². The zero-order valence-corrected chi connectivity index (χ0v) is 23.9. The lowest BCUT2D eigenvalue weighted by Crippen LogP contribution is -2.40. The van der Waals surface area contributed by atoms with Crippen LogP contribution in [0.25, 0.3) is 11.1 Å². The molecule has 12 heteroatoms. The molecule has 0 aromatic heterocycles. The van der Waals surface area contributed by atoms with Crippen LogP contribution < -0.4 is 15.2 Å². The molecule has 1 aliphatic rings. The van der Waals surface area contributed by atoms with E-state index in [2.05, 4.69) is 10.1 Å². The second-order valence-electron chi connectivity index (χ2n) is 10.6. The summed E-state index contributed by atoms with van der Waals surface area (Å²) in [5.74, 6) is -1.65. The van der Waals surface area contributed by atoms with Crippen molar-refractivity contribution in [3.05, 3.63) is 83.9 Å². The molecule has 0 saturated heterocycles. The van der Waals surface area contributed by atoms with E-state index in [1.54, 1.807) is 42.3 Å². The largest absolute Gasteiger partial charge is 0.573 e. The topological polar surface area (TPSA) is 119 Å². The maximum absolute atomic E-state index is 13.4. The minimum absolute atomic E-state index is 0.0252. The van der Waals surface area contributed by atoms with Gasteiger partial charge >= 0.3 is 6.36 Å². The number of benzene rings is 3. The number of primary sulfonamides is 1. The van der Waals surface area contributed by atoms with Crippen LogP contribution in [0.1, 0.15) is 30.9 Å². The Kier molecular flexibility index (Phi) is 9.27. The fraction of sp³-hybridized carbons (Fsp3) is 0.333. The summed E-state index contributed by atoms with van der Waals surface area (Å²) in [6, 6.07) is 18.8. The molecule has 0 radical (unpaired) electrons. The van der Waals surface area contributed by atoms with Gasteiger partial charge in [0.2, 0.25) is 21.8 Å². The van der Waals surface area contributed by atoms with Crippen LogP contribution in [-0.4, -0.2) is 38.5 Å². The first-order valence-corrected chi connectivity index (χ1v) is 14.8. The van der Waals surface area contributed by atoms with E-state index in [0.717, 1.165) is 5.56 Å². The Hall–Kier alpha value is -3.90. The Morgan fingerprint density at radius 3 is 2.17 bits per heavy atom. The summed E-state index contributed by atoms with van der Waals surface area (Å²) < 4.78 is 64.9. The van der Waals surface area contributed by atoms with Gasteiger partial charge in [-0.05, 0) is 53.6 Å². The Bertz CT molecular complexity index is 1530. The third kappa shape index (κ3) is 7.89. The van der Waals surface area contributed by atoms with Crippen LogP contribution in [0.3, 0.4) is 0 Å². The summed E-state index contributed by atoms with van der Waals surface area (Å²) in [4.78, 5) is 28.1. The number of hydrogen-bond acceptors (Lipinski definition) is 5. The van der Waals surface area contributed by atoms with Crippen molar-refractivity contribution >= 4 is 21.8 Å². The number of nitrogens with zero attached hydrogens (tertiary/aromatic N) is 1. The Balaban J connectivity index is 1.37. The smallest absolute Gasteiger partial charge is 0.406 e. The summed E-state index contributed by atoms with van der Waals surface area (Å²) >= 11 is 0. The van der Waals surface area contributed by atoms with Gasteiger partial charge in [0.15, 0.2) is 0 Å². The lowest BCUT2D eigenvalue weighted by atomic mass is 9.93. The first kappa shape index (κ1) is 31.0. The molecule has 3 N–H and O–H groups in total. The zero-order chi connectivity index (χ0) is 30.7. The number of nitrogens with two attached hydrogens (primary N) is 1. The van der Waals surface area contributed by atoms with Gasteiger partial charge in [0.05, 0.1) is 4.90 Å². The number of carbonyl (C=O) groups is 2. The predicted octanol–water partition coefficient (Wildman–Crippen LogP) is 4.84. The van der Waals surface area contributed by atoms with E-state index in [4.69, 9.17) is 5.14 Å². The average molecular weight is 604 g/mol. The number of rotatable bonds is 9. The maximum atomic E-state index is 13.4. The third-order valence-electron chi connectivity index (χ3n) is 7.33. The highest BCUT2D eigenvalue weighted by atomic mass is 32.2. The molecular formula is C30H32F3N3O5S. The first-order chi connectivity index (χ1) is 19.7. The standard InChI is InChI=1S/C30H32F3N3O5S/c1-19-15-25(28(37)35-17-20-9-13-23(14-10-20)41-30(31,32)33)26(16-19)29(38)36(2)18-21-7-11-22(12-8-21)24-5-3-4-6-27(24)42(34,39)40/h3-14,19,25-26H,15-18H2,1-2H3,(H,35,37)(H2,34,39,40)/t19?,25-,26-/m1/s1. The van der Waals surface area contributed by atoms with Gasteiger partial charge < -0.3 is 15.0 Å². The summed E-state index contributed by atoms with van der Waals surface area (Å²) in [5, 5.41) is 8.17. The second kappa shape index (κ2) is 12.5. The Morgan fingerprint density at radius 2 is 1.55 bits per heavy atom. The van der Waals surface area contributed by atoms with Crippen molar-refractivity contribution < 1.29 is 35.9 Å². The monoisotopic (exact) mass is 603 g/mol. The highest BCUT2D eigenvalue weighted by Gasteiger charge is 2.42. The van der Waals surface area contributed by atoms with Crippen molar-refractivity contribution in [2.45, 2.75) is 44.1 Å². The predicted molar refractivity (Wildman–Crippen MR) is 150 cm³/mol. The summed E-state index contributed by atoms with van der Waals surface area (Å²) in [6.07, 6.45) is -3.67. The number of carbonyl (C=O) groups excluding carboxylic acids is 2. The molecule has 1 fully saturated rings. The second-order valence-corrected chi connectivity index (χ2v) is 12.2. The van der Waals surface area contributed by atoms with Crippen LogP contribution in [0.15, 0.2) is 77.7 Å². The van der Waals surface area contributed by atoms with Gasteiger partial charge in [0, 0.05) is 37.5 Å². The molecule has 0 aliphatic heterocycles. The van der Waals surface area contributed by atoms with E-state index in [0.29, 0.717) is 36.1 Å². The summed E-state index contributed by atoms with van der Waals surface area (Å²) in [6.45, 7) is 2.39. The van der Waals surface area contributed by atoms with Gasteiger partial charge in [0.25, 0.3) is 0 Å². The molecule has 1 saturated carbocycles. The molecule has 8 nitrogen and oxygen atoms in total. The third-order valence-corrected chi connectivity index (χ3v) is 8.30. The molecule has 3 aromatic carbocycles. The van der Waals surface area contributed by atoms with E-state index in [1.807, 2.05) is 19.1 Å².